The summed E-state index contributed by atoms with van der Waals surface area (Å²) in [5, 5.41) is 2.84. The lowest BCUT2D eigenvalue weighted by Gasteiger charge is -2.27. The van der Waals surface area contributed by atoms with Crippen LogP contribution in [0.2, 0.25) is 0 Å². The number of nitrogens with zero attached hydrogens (tertiary/aromatic N) is 2. The molecule has 0 saturated carbocycles. The summed E-state index contributed by atoms with van der Waals surface area (Å²) in [5.74, 6) is -0.347. The summed E-state index contributed by atoms with van der Waals surface area (Å²) in [7, 11) is 1.56. The Kier molecular flexibility index (Phi) is 5.92. The lowest BCUT2D eigenvalue weighted by Crippen LogP contribution is -2.41. The molecule has 3 N–H and O–H groups in total. The molecule has 0 aliphatic carbocycles. The summed E-state index contributed by atoms with van der Waals surface area (Å²) < 4.78 is 10.5. The molecule has 0 radical (unpaired) electrons. The van der Waals surface area contributed by atoms with E-state index in [0.717, 1.165) is 5.69 Å². The number of morpholine rings is 1. The van der Waals surface area contributed by atoms with Crippen LogP contribution in [-0.2, 0) is 19.1 Å². The van der Waals surface area contributed by atoms with Gasteiger partial charge >= 0.3 is 6.03 Å². The molecule has 146 valence electrons. The first-order valence-corrected chi connectivity index (χ1v) is 8.83. The third kappa shape index (κ3) is 4.55. The Labute approximate surface area is 157 Å². The van der Waals surface area contributed by atoms with Crippen molar-refractivity contribution in [1.29, 1.82) is 0 Å². The van der Waals surface area contributed by atoms with E-state index >= 15 is 0 Å². The molecule has 2 atom stereocenters. The maximum absolute atomic E-state index is 12.4. The molecule has 2 aliphatic rings. The number of urea groups is 1. The minimum absolute atomic E-state index is 0.0797. The van der Waals surface area contributed by atoms with Crippen LogP contribution in [0.3, 0.4) is 0 Å². The lowest BCUT2D eigenvalue weighted by atomic mass is 10.0. The third-order valence-electron chi connectivity index (χ3n) is 4.89. The van der Waals surface area contributed by atoms with Crippen molar-refractivity contribution >= 4 is 29.2 Å². The van der Waals surface area contributed by atoms with E-state index in [1.54, 1.807) is 36.3 Å². The highest BCUT2D eigenvalue weighted by Crippen LogP contribution is 2.24. The average molecular weight is 376 g/mol. The van der Waals surface area contributed by atoms with Crippen molar-refractivity contribution < 1.29 is 23.9 Å². The summed E-state index contributed by atoms with van der Waals surface area (Å²) in [6, 6.07) is 6.60. The van der Waals surface area contributed by atoms with Crippen molar-refractivity contribution in [3.8, 4) is 0 Å². The quantitative estimate of drug-likeness (QED) is 0.772. The molecule has 0 bridgehead atoms. The topological polar surface area (TPSA) is 114 Å². The highest BCUT2D eigenvalue weighted by atomic mass is 16.5. The van der Waals surface area contributed by atoms with Gasteiger partial charge in [0.15, 0.2) is 0 Å². The molecule has 2 saturated heterocycles. The molecule has 4 amide bonds. The molecular formula is C18H24N4O5. The molecule has 1 aromatic rings. The minimum Gasteiger partial charge on any atom is -0.379 e. The number of nitrogens with one attached hydrogen (secondary N) is 1. The zero-order valence-electron chi connectivity index (χ0n) is 15.2. The van der Waals surface area contributed by atoms with Crippen LogP contribution in [0.5, 0.6) is 0 Å². The SMILES string of the molecule is CO[C@@H]1CN(C(N)=O)CC1CC(=O)Nc1ccc(N2CCOCC2=O)cc1. The number of amides is 4. The van der Waals surface area contributed by atoms with Gasteiger partial charge in [0, 0.05) is 50.5 Å². The van der Waals surface area contributed by atoms with Gasteiger partial charge < -0.3 is 30.3 Å². The lowest BCUT2D eigenvalue weighted by molar-refractivity contribution is -0.125. The first-order chi connectivity index (χ1) is 13.0. The Morgan fingerprint density at radius 3 is 2.67 bits per heavy atom. The van der Waals surface area contributed by atoms with E-state index in [1.165, 1.54) is 4.90 Å². The van der Waals surface area contributed by atoms with E-state index in [9.17, 15) is 14.4 Å². The number of benzene rings is 1. The number of hydrogen-bond donors (Lipinski definition) is 2. The smallest absolute Gasteiger partial charge is 0.314 e. The molecule has 0 spiro atoms. The number of rotatable bonds is 5. The second kappa shape index (κ2) is 8.36. The van der Waals surface area contributed by atoms with E-state index < -0.39 is 6.03 Å². The average Bonchev–Trinajstić information content (AvgIpc) is 3.06. The van der Waals surface area contributed by atoms with E-state index in [0.29, 0.717) is 31.9 Å². The maximum atomic E-state index is 12.4. The fourth-order valence-corrected chi connectivity index (χ4v) is 3.45. The summed E-state index contributed by atoms with van der Waals surface area (Å²) in [6.07, 6.45) is 0.0179. The van der Waals surface area contributed by atoms with Gasteiger partial charge in [0.25, 0.3) is 5.91 Å². The fourth-order valence-electron chi connectivity index (χ4n) is 3.45. The Morgan fingerprint density at radius 1 is 1.30 bits per heavy atom. The number of carbonyl (C=O) groups excluding carboxylic acids is 3. The second-order valence-corrected chi connectivity index (χ2v) is 6.67. The predicted molar refractivity (Wildman–Crippen MR) is 98.3 cm³/mol. The maximum Gasteiger partial charge on any atom is 0.314 e. The van der Waals surface area contributed by atoms with Crippen LogP contribution < -0.4 is 16.0 Å². The van der Waals surface area contributed by atoms with Crippen molar-refractivity contribution in [2.24, 2.45) is 11.7 Å². The number of ether oxygens (including phenoxy) is 2. The predicted octanol–water partition coefficient (Wildman–Crippen LogP) is 0.404. The van der Waals surface area contributed by atoms with Gasteiger partial charge in [-0.3, -0.25) is 9.59 Å². The monoisotopic (exact) mass is 376 g/mol. The van der Waals surface area contributed by atoms with Gasteiger partial charge in [-0.2, -0.15) is 0 Å². The van der Waals surface area contributed by atoms with Gasteiger partial charge in [-0.05, 0) is 24.3 Å². The highest BCUT2D eigenvalue weighted by molar-refractivity contribution is 5.95. The molecule has 9 heteroatoms. The molecule has 3 rings (SSSR count). The molecule has 27 heavy (non-hydrogen) atoms. The number of carbonyl (C=O) groups is 3. The third-order valence-corrected chi connectivity index (χ3v) is 4.89. The molecule has 1 unspecified atom stereocenters. The van der Waals surface area contributed by atoms with Crippen LogP contribution in [-0.4, -0.2) is 68.8 Å². The Morgan fingerprint density at radius 2 is 2.04 bits per heavy atom. The minimum atomic E-state index is -0.506. The van der Waals surface area contributed by atoms with Gasteiger partial charge in [0.05, 0.1) is 12.7 Å². The van der Waals surface area contributed by atoms with Crippen LogP contribution in [0.25, 0.3) is 0 Å². The normalized spacial score (nSPS) is 22.8. The molecule has 1 aromatic carbocycles. The number of nitrogens with two attached hydrogens (primary N) is 1. The number of likely N-dealkylation sites (tertiary alicyclic amines) is 1. The summed E-state index contributed by atoms with van der Waals surface area (Å²) in [5.41, 5.74) is 6.73. The van der Waals surface area contributed by atoms with Crippen molar-refractivity contribution in [3.05, 3.63) is 24.3 Å². The Balaban J connectivity index is 1.56. The van der Waals surface area contributed by atoms with Crippen LogP contribution in [0, 0.1) is 5.92 Å². The standard InChI is InChI=1S/C18H24N4O5/c1-26-15-10-21(18(19)25)9-12(15)8-16(23)20-13-2-4-14(5-3-13)22-6-7-27-11-17(22)24/h2-5,12,15H,6-11H2,1H3,(H2,19,25)(H,20,23)/t12?,15-/m1/s1. The van der Waals surface area contributed by atoms with Crippen LogP contribution >= 0.6 is 0 Å². The number of anilines is 2. The second-order valence-electron chi connectivity index (χ2n) is 6.67. The van der Waals surface area contributed by atoms with Crippen molar-refractivity contribution in [3.63, 3.8) is 0 Å². The van der Waals surface area contributed by atoms with Gasteiger partial charge in [-0.1, -0.05) is 0 Å². The van der Waals surface area contributed by atoms with Crippen LogP contribution in [0.4, 0.5) is 16.2 Å². The summed E-state index contributed by atoms with van der Waals surface area (Å²) in [6.45, 7) is 1.91. The number of hydrogen-bond acceptors (Lipinski definition) is 5. The summed E-state index contributed by atoms with van der Waals surface area (Å²) in [4.78, 5) is 38.7. The van der Waals surface area contributed by atoms with Crippen molar-refractivity contribution in [2.45, 2.75) is 12.5 Å². The van der Waals surface area contributed by atoms with E-state index in [-0.39, 0.29) is 36.9 Å². The van der Waals surface area contributed by atoms with E-state index in [4.69, 9.17) is 15.2 Å². The van der Waals surface area contributed by atoms with Crippen LogP contribution in [0.15, 0.2) is 24.3 Å². The van der Waals surface area contributed by atoms with Crippen molar-refractivity contribution in [2.75, 3.05) is 50.2 Å². The zero-order chi connectivity index (χ0) is 19.4. The Bertz CT molecular complexity index is 708. The van der Waals surface area contributed by atoms with Gasteiger partial charge in [0.2, 0.25) is 5.91 Å². The first-order valence-electron chi connectivity index (χ1n) is 8.83. The Hall–Kier alpha value is -2.65. The molecular weight excluding hydrogens is 352 g/mol. The fraction of sp³-hybridized carbons (Fsp3) is 0.500. The van der Waals surface area contributed by atoms with Gasteiger partial charge in [0.1, 0.15) is 6.61 Å². The van der Waals surface area contributed by atoms with E-state index in [2.05, 4.69) is 5.32 Å². The molecule has 2 fully saturated rings. The molecule has 2 heterocycles. The molecule has 9 nitrogen and oxygen atoms in total. The number of primary amides is 1. The molecule has 2 aliphatic heterocycles. The first kappa shape index (κ1) is 19.1. The van der Waals surface area contributed by atoms with Gasteiger partial charge in [-0.15, -0.1) is 0 Å². The van der Waals surface area contributed by atoms with Gasteiger partial charge in [-0.25, -0.2) is 4.79 Å². The largest absolute Gasteiger partial charge is 0.379 e. The van der Waals surface area contributed by atoms with Crippen LogP contribution in [0.1, 0.15) is 6.42 Å². The number of methoxy groups -OCH3 is 1. The zero-order valence-corrected chi connectivity index (χ0v) is 15.2. The summed E-state index contributed by atoms with van der Waals surface area (Å²) >= 11 is 0. The molecule has 0 aromatic heterocycles. The van der Waals surface area contributed by atoms with Crippen molar-refractivity contribution in [1.82, 2.24) is 4.90 Å². The highest BCUT2D eigenvalue weighted by Gasteiger charge is 2.35. The van der Waals surface area contributed by atoms with E-state index in [1.807, 2.05) is 0 Å².